The van der Waals surface area contributed by atoms with E-state index in [9.17, 15) is 4.79 Å². The van der Waals surface area contributed by atoms with Crippen LogP contribution in [0.4, 0.5) is 5.69 Å². The molecule has 2 aromatic carbocycles. The second-order valence-electron chi connectivity index (χ2n) is 8.27. The van der Waals surface area contributed by atoms with Gasteiger partial charge in [-0.3, -0.25) is 14.7 Å². The van der Waals surface area contributed by atoms with E-state index in [0.29, 0.717) is 0 Å². The maximum atomic E-state index is 12.6. The summed E-state index contributed by atoms with van der Waals surface area (Å²) in [5.74, 6) is 0.0230. The summed E-state index contributed by atoms with van der Waals surface area (Å²) in [6.07, 6.45) is 3.00. The Morgan fingerprint density at radius 1 is 1.07 bits per heavy atom. The van der Waals surface area contributed by atoms with Gasteiger partial charge in [-0.2, -0.15) is 5.10 Å². The highest BCUT2D eigenvalue weighted by molar-refractivity contribution is 5.94. The van der Waals surface area contributed by atoms with E-state index in [1.807, 2.05) is 36.2 Å². The van der Waals surface area contributed by atoms with Gasteiger partial charge in [0.25, 0.3) is 5.91 Å². The molecule has 0 unspecified atom stereocenters. The first kappa shape index (κ1) is 19.6. The van der Waals surface area contributed by atoms with Crippen LogP contribution in [0.25, 0.3) is 0 Å². The molecule has 29 heavy (non-hydrogen) atoms. The van der Waals surface area contributed by atoms with Crippen LogP contribution in [0.5, 0.6) is 0 Å². The van der Waals surface area contributed by atoms with Crippen LogP contribution >= 0.6 is 0 Å². The molecule has 0 atom stereocenters. The Morgan fingerprint density at radius 2 is 1.83 bits per heavy atom. The number of benzene rings is 2. The summed E-state index contributed by atoms with van der Waals surface area (Å²) in [5.41, 5.74) is 5.59. The largest absolute Gasteiger partial charge is 0.349 e. The summed E-state index contributed by atoms with van der Waals surface area (Å²) >= 11 is 0. The Kier molecular flexibility index (Phi) is 5.95. The van der Waals surface area contributed by atoms with Gasteiger partial charge in [0.15, 0.2) is 0 Å². The fourth-order valence-electron chi connectivity index (χ4n) is 4.12. The van der Waals surface area contributed by atoms with Crippen LogP contribution < -0.4 is 10.3 Å². The van der Waals surface area contributed by atoms with Gasteiger partial charge in [0.1, 0.15) is 0 Å². The van der Waals surface area contributed by atoms with Crippen LogP contribution in [0.2, 0.25) is 0 Å². The zero-order valence-corrected chi connectivity index (χ0v) is 17.4. The van der Waals surface area contributed by atoms with E-state index < -0.39 is 0 Å². The Bertz CT molecular complexity index is 882. The average molecular weight is 391 g/mol. The third kappa shape index (κ3) is 5.04. The van der Waals surface area contributed by atoms with Crippen LogP contribution in [0.3, 0.4) is 0 Å². The molecule has 1 N–H and O–H groups in total. The van der Waals surface area contributed by atoms with Crippen molar-refractivity contribution in [2.45, 2.75) is 45.7 Å². The number of nitrogens with zero attached hydrogens (tertiary/aromatic N) is 3. The van der Waals surface area contributed by atoms with Gasteiger partial charge in [-0.05, 0) is 56.5 Å². The molecule has 0 saturated carbocycles. The number of hydrogen-bond donors (Lipinski definition) is 1. The van der Waals surface area contributed by atoms with Gasteiger partial charge >= 0.3 is 0 Å². The smallest absolute Gasteiger partial charge is 0.251 e. The summed E-state index contributed by atoms with van der Waals surface area (Å²) in [4.78, 5) is 15.1. The molecule has 152 valence electrons. The third-order valence-corrected chi connectivity index (χ3v) is 5.82. The van der Waals surface area contributed by atoms with Gasteiger partial charge in [0.05, 0.1) is 5.69 Å². The highest BCUT2D eigenvalue weighted by Gasteiger charge is 2.21. The van der Waals surface area contributed by atoms with Crippen LogP contribution in [-0.4, -0.2) is 42.2 Å². The predicted octanol–water partition coefficient (Wildman–Crippen LogP) is 3.98. The fraction of sp³-hybridized carbons (Fsp3) is 0.417. The zero-order valence-electron chi connectivity index (χ0n) is 17.4. The minimum absolute atomic E-state index is 0.0230. The second-order valence-corrected chi connectivity index (χ2v) is 8.27. The third-order valence-electron chi connectivity index (χ3n) is 5.82. The molecule has 0 spiro atoms. The normalized spacial score (nSPS) is 18.0. The van der Waals surface area contributed by atoms with Crippen LogP contribution in [-0.2, 0) is 6.54 Å². The SMILES string of the molecule is CC1=NN(c2ccc(C(=O)NC3CCN(Cc4cccc(C)c4)CC3)cc2)CC1. The molecular formula is C24H30N4O. The van der Waals surface area contributed by atoms with E-state index in [1.54, 1.807) is 0 Å². The van der Waals surface area contributed by atoms with Gasteiger partial charge in [-0.1, -0.05) is 29.8 Å². The number of carbonyl (C=O) groups excluding carboxylic acids is 1. The maximum absolute atomic E-state index is 12.6. The summed E-state index contributed by atoms with van der Waals surface area (Å²) in [5, 5.41) is 9.73. The van der Waals surface area contributed by atoms with Gasteiger partial charge in [-0.25, -0.2) is 0 Å². The van der Waals surface area contributed by atoms with Crippen LogP contribution in [0.1, 0.15) is 47.7 Å². The van der Waals surface area contributed by atoms with E-state index in [4.69, 9.17) is 0 Å². The molecule has 1 amide bonds. The molecule has 2 aliphatic heterocycles. The average Bonchev–Trinajstić information content (AvgIpc) is 3.16. The molecule has 5 nitrogen and oxygen atoms in total. The van der Waals surface area contributed by atoms with Crippen LogP contribution in [0, 0.1) is 6.92 Å². The number of rotatable bonds is 5. The molecule has 5 heteroatoms. The maximum Gasteiger partial charge on any atom is 0.251 e. The quantitative estimate of drug-likeness (QED) is 0.840. The Morgan fingerprint density at radius 3 is 2.48 bits per heavy atom. The molecule has 0 aliphatic carbocycles. The van der Waals surface area contributed by atoms with Gasteiger partial charge in [-0.15, -0.1) is 0 Å². The fourth-order valence-corrected chi connectivity index (χ4v) is 4.12. The molecule has 0 aromatic heterocycles. The van der Waals surface area contributed by atoms with Crippen LogP contribution in [0.15, 0.2) is 53.6 Å². The van der Waals surface area contributed by atoms with Crippen molar-refractivity contribution in [2.75, 3.05) is 24.6 Å². The van der Waals surface area contributed by atoms with Crippen molar-refractivity contribution in [1.82, 2.24) is 10.2 Å². The van der Waals surface area contributed by atoms with E-state index in [1.165, 1.54) is 11.1 Å². The van der Waals surface area contributed by atoms with Crippen molar-refractivity contribution in [3.05, 3.63) is 65.2 Å². The van der Waals surface area contributed by atoms with Crippen molar-refractivity contribution in [3.8, 4) is 0 Å². The monoisotopic (exact) mass is 390 g/mol. The highest BCUT2D eigenvalue weighted by atomic mass is 16.1. The number of nitrogens with one attached hydrogen (secondary N) is 1. The van der Waals surface area contributed by atoms with Gasteiger partial charge in [0.2, 0.25) is 0 Å². The second kappa shape index (κ2) is 8.78. The van der Waals surface area contributed by atoms with Gasteiger partial charge in [0, 0.05) is 49.9 Å². The first-order chi connectivity index (χ1) is 14.1. The molecule has 1 fully saturated rings. The Labute approximate surface area is 173 Å². The summed E-state index contributed by atoms with van der Waals surface area (Å²) in [7, 11) is 0. The van der Waals surface area contributed by atoms with E-state index in [-0.39, 0.29) is 11.9 Å². The Balaban J connectivity index is 1.26. The molecule has 0 radical (unpaired) electrons. The van der Waals surface area contributed by atoms with Gasteiger partial charge < -0.3 is 5.32 Å². The van der Waals surface area contributed by atoms with Crippen molar-refractivity contribution in [1.29, 1.82) is 0 Å². The summed E-state index contributed by atoms with van der Waals surface area (Å²) < 4.78 is 0. The molecule has 2 aliphatic rings. The highest BCUT2D eigenvalue weighted by Crippen LogP contribution is 2.20. The molecule has 2 aromatic rings. The minimum Gasteiger partial charge on any atom is -0.349 e. The molecule has 2 heterocycles. The number of carbonyl (C=O) groups is 1. The first-order valence-electron chi connectivity index (χ1n) is 10.6. The topological polar surface area (TPSA) is 47.9 Å². The number of hydrogen-bond acceptors (Lipinski definition) is 4. The van der Waals surface area contributed by atoms with Crippen molar-refractivity contribution in [2.24, 2.45) is 5.10 Å². The number of hydrazone groups is 1. The lowest BCUT2D eigenvalue weighted by atomic mass is 10.0. The van der Waals surface area contributed by atoms with E-state index >= 15 is 0 Å². The number of amides is 1. The van der Waals surface area contributed by atoms with Crippen molar-refractivity contribution >= 4 is 17.3 Å². The predicted molar refractivity (Wildman–Crippen MR) is 118 cm³/mol. The summed E-state index contributed by atoms with van der Waals surface area (Å²) in [6, 6.07) is 16.7. The number of aryl methyl sites for hydroxylation is 1. The summed E-state index contributed by atoms with van der Waals surface area (Å²) in [6.45, 7) is 8.13. The lowest BCUT2D eigenvalue weighted by molar-refractivity contribution is 0.0909. The van der Waals surface area contributed by atoms with Crippen molar-refractivity contribution in [3.63, 3.8) is 0 Å². The number of piperidine rings is 1. The minimum atomic E-state index is 0.0230. The number of likely N-dealkylation sites (tertiary alicyclic amines) is 1. The lowest BCUT2D eigenvalue weighted by Gasteiger charge is -2.32. The molecular weight excluding hydrogens is 360 g/mol. The zero-order chi connectivity index (χ0) is 20.2. The molecule has 0 bridgehead atoms. The van der Waals surface area contributed by atoms with E-state index in [2.05, 4.69) is 46.5 Å². The van der Waals surface area contributed by atoms with E-state index in [0.717, 1.165) is 62.4 Å². The lowest BCUT2D eigenvalue weighted by Crippen LogP contribution is -2.44. The molecule has 1 saturated heterocycles. The molecule has 4 rings (SSSR count). The Hall–Kier alpha value is -2.66. The standard InChI is InChI=1S/C24H30N4O/c1-18-4-3-5-20(16-18)17-27-13-11-22(12-14-27)25-24(29)21-6-8-23(9-7-21)28-15-10-19(2)26-28/h3-9,16,22H,10-15,17H2,1-2H3,(H,25,29). The van der Waals surface area contributed by atoms with Crippen molar-refractivity contribution < 1.29 is 4.79 Å². The number of anilines is 1. The first-order valence-corrected chi connectivity index (χ1v) is 10.6.